The Morgan fingerprint density at radius 3 is 2.72 bits per heavy atom. The van der Waals surface area contributed by atoms with Crippen LogP contribution in [-0.4, -0.2) is 29.2 Å². The van der Waals surface area contributed by atoms with Crippen molar-refractivity contribution in [1.29, 1.82) is 0 Å². The van der Waals surface area contributed by atoms with Crippen LogP contribution in [0.2, 0.25) is 0 Å². The predicted octanol–water partition coefficient (Wildman–Crippen LogP) is 2.35. The molecule has 0 bridgehead atoms. The van der Waals surface area contributed by atoms with Crippen LogP contribution in [0, 0.1) is 0 Å². The molecule has 2 heterocycles. The van der Waals surface area contributed by atoms with Crippen LogP contribution >= 0.6 is 11.3 Å². The van der Waals surface area contributed by atoms with Crippen LogP contribution in [0.15, 0.2) is 47.3 Å². The van der Waals surface area contributed by atoms with Gasteiger partial charge in [-0.25, -0.2) is 0 Å². The first kappa shape index (κ1) is 19.8. The summed E-state index contributed by atoms with van der Waals surface area (Å²) >= 11 is 1.26. The number of hydrogen-bond donors (Lipinski definition) is 3. The summed E-state index contributed by atoms with van der Waals surface area (Å²) in [7, 11) is 1.79. The fourth-order valence-electron chi connectivity index (χ4n) is 3.81. The van der Waals surface area contributed by atoms with Gasteiger partial charge in [0.2, 0.25) is 5.91 Å². The Morgan fingerprint density at radius 1 is 1.24 bits per heavy atom. The molecule has 0 spiro atoms. The van der Waals surface area contributed by atoms with Gasteiger partial charge in [0, 0.05) is 13.5 Å². The highest BCUT2D eigenvalue weighted by Gasteiger charge is 2.21. The highest BCUT2D eigenvalue weighted by molar-refractivity contribution is 7.16. The summed E-state index contributed by atoms with van der Waals surface area (Å²) in [5, 5.41) is 6.16. The maximum atomic E-state index is 12.3. The van der Waals surface area contributed by atoms with E-state index < -0.39 is 6.17 Å². The number of nitrogens with zero attached hydrogens (tertiary/aromatic N) is 1. The summed E-state index contributed by atoms with van der Waals surface area (Å²) in [6, 6.07) is 14.1. The van der Waals surface area contributed by atoms with Gasteiger partial charge in [0.1, 0.15) is 0 Å². The molecule has 0 saturated carbocycles. The minimum atomic E-state index is -0.407. The molecule has 1 aliphatic heterocycles. The first-order chi connectivity index (χ1) is 14.0. The first-order valence-electron chi connectivity index (χ1n) is 9.99. The van der Waals surface area contributed by atoms with Crippen LogP contribution in [0.3, 0.4) is 0 Å². The number of aryl methyl sites for hydroxylation is 1. The molecule has 4 rings (SSSR count). The number of benzene rings is 2. The average molecular weight is 411 g/mol. The summed E-state index contributed by atoms with van der Waals surface area (Å²) in [6.07, 6.45) is 3.24. The van der Waals surface area contributed by atoms with Crippen molar-refractivity contribution < 1.29 is 4.79 Å². The van der Waals surface area contributed by atoms with Crippen LogP contribution in [0.25, 0.3) is 21.3 Å². The predicted molar refractivity (Wildman–Crippen MR) is 118 cm³/mol. The Labute approximate surface area is 173 Å². The van der Waals surface area contributed by atoms with Crippen molar-refractivity contribution in [1.82, 2.24) is 15.2 Å². The third-order valence-corrected chi connectivity index (χ3v) is 6.49. The summed E-state index contributed by atoms with van der Waals surface area (Å²) in [6.45, 7) is 0.889. The molecule has 0 unspecified atom stereocenters. The topological polar surface area (TPSA) is 89.2 Å². The van der Waals surface area contributed by atoms with E-state index in [4.69, 9.17) is 5.73 Å². The van der Waals surface area contributed by atoms with E-state index in [0.29, 0.717) is 6.42 Å². The van der Waals surface area contributed by atoms with Crippen LogP contribution < -0.4 is 21.2 Å². The average Bonchev–Trinajstić information content (AvgIpc) is 3.02. The van der Waals surface area contributed by atoms with Crippen molar-refractivity contribution in [2.75, 3.05) is 6.54 Å². The summed E-state index contributed by atoms with van der Waals surface area (Å²) in [4.78, 5) is 24.2. The van der Waals surface area contributed by atoms with Gasteiger partial charge in [0.25, 0.3) is 0 Å². The third kappa shape index (κ3) is 4.42. The van der Waals surface area contributed by atoms with E-state index in [9.17, 15) is 9.59 Å². The zero-order chi connectivity index (χ0) is 20.4. The molecule has 2 aromatic carbocycles. The molecular weight excluding hydrogens is 384 g/mol. The second kappa shape index (κ2) is 8.49. The monoisotopic (exact) mass is 410 g/mol. The number of thiazole rings is 1. The lowest BCUT2D eigenvalue weighted by Crippen LogP contribution is -2.52. The molecule has 2 atom stereocenters. The maximum absolute atomic E-state index is 12.3. The summed E-state index contributed by atoms with van der Waals surface area (Å²) in [5.41, 5.74) is 10.3. The SMILES string of the molecule is Cn1c(=O)sc2cc(-c3ccc(C[C@@H](N)NC(=O)[C@@H]4CCCCN4)cc3)ccc21. The molecule has 152 valence electrons. The first-order valence-corrected chi connectivity index (χ1v) is 10.8. The molecule has 1 aliphatic rings. The maximum Gasteiger partial charge on any atom is 0.307 e. The Bertz CT molecular complexity index is 1060. The number of nitrogens with two attached hydrogens (primary N) is 1. The number of carbonyl (C=O) groups is 1. The highest BCUT2D eigenvalue weighted by Crippen LogP contribution is 2.26. The number of amides is 1. The van der Waals surface area contributed by atoms with E-state index in [0.717, 1.165) is 52.7 Å². The quantitative estimate of drug-likeness (QED) is 0.564. The number of rotatable bonds is 5. The van der Waals surface area contributed by atoms with E-state index >= 15 is 0 Å². The molecule has 3 aromatic rings. The molecule has 1 saturated heterocycles. The molecule has 0 aliphatic carbocycles. The van der Waals surface area contributed by atoms with Gasteiger partial charge in [-0.05, 0) is 48.2 Å². The van der Waals surface area contributed by atoms with Gasteiger partial charge in [0.15, 0.2) is 0 Å². The molecule has 1 aromatic heterocycles. The van der Waals surface area contributed by atoms with Gasteiger partial charge < -0.3 is 20.9 Å². The minimum Gasteiger partial charge on any atom is -0.339 e. The summed E-state index contributed by atoms with van der Waals surface area (Å²) < 4.78 is 2.66. The standard InChI is InChI=1S/C22H26N4O2S/c1-26-18-10-9-16(13-19(18)29-22(26)28)15-7-5-14(6-8-15)12-20(23)25-21(27)17-4-2-3-11-24-17/h5-10,13,17,20,24H,2-4,11-12,23H2,1H3,(H,25,27)/t17-,20-/m0/s1. The molecule has 4 N–H and O–H groups in total. The second-order valence-corrected chi connectivity index (χ2v) is 8.62. The van der Waals surface area contributed by atoms with Crippen molar-refractivity contribution in [3.05, 3.63) is 57.7 Å². The zero-order valence-electron chi connectivity index (χ0n) is 16.5. The van der Waals surface area contributed by atoms with E-state index in [1.807, 2.05) is 24.3 Å². The van der Waals surface area contributed by atoms with Gasteiger partial charge in [0.05, 0.1) is 22.4 Å². The molecule has 1 fully saturated rings. The van der Waals surface area contributed by atoms with Crippen molar-refractivity contribution in [3.8, 4) is 11.1 Å². The van der Waals surface area contributed by atoms with E-state index in [2.05, 4.69) is 28.8 Å². The van der Waals surface area contributed by atoms with Crippen LogP contribution in [-0.2, 0) is 18.3 Å². The molecule has 0 radical (unpaired) electrons. The van der Waals surface area contributed by atoms with Gasteiger partial charge in [-0.2, -0.15) is 0 Å². The van der Waals surface area contributed by atoms with Gasteiger partial charge in [-0.1, -0.05) is 48.1 Å². The minimum absolute atomic E-state index is 0.0102. The Balaban J connectivity index is 1.41. The Hall–Kier alpha value is -2.48. The number of hydrogen-bond acceptors (Lipinski definition) is 5. The van der Waals surface area contributed by atoms with Crippen molar-refractivity contribution in [3.63, 3.8) is 0 Å². The summed E-state index contributed by atoms with van der Waals surface area (Å²) in [5.74, 6) is -0.0102. The lowest BCUT2D eigenvalue weighted by atomic mass is 10.0. The second-order valence-electron chi connectivity index (χ2n) is 7.63. The van der Waals surface area contributed by atoms with Crippen LogP contribution in [0.4, 0.5) is 0 Å². The smallest absolute Gasteiger partial charge is 0.307 e. The van der Waals surface area contributed by atoms with Crippen molar-refractivity contribution in [2.45, 2.75) is 37.9 Å². The number of aromatic nitrogens is 1. The Kier molecular flexibility index (Phi) is 5.80. The van der Waals surface area contributed by atoms with Gasteiger partial charge >= 0.3 is 4.87 Å². The van der Waals surface area contributed by atoms with E-state index in [1.54, 1.807) is 11.6 Å². The molecule has 7 heteroatoms. The lowest BCUT2D eigenvalue weighted by Gasteiger charge is -2.24. The zero-order valence-corrected chi connectivity index (χ0v) is 17.3. The number of nitrogens with one attached hydrogen (secondary N) is 2. The van der Waals surface area contributed by atoms with Crippen molar-refractivity contribution >= 4 is 27.5 Å². The molecule has 1 amide bonds. The largest absolute Gasteiger partial charge is 0.339 e. The van der Waals surface area contributed by atoms with Crippen LogP contribution in [0.1, 0.15) is 24.8 Å². The molecular formula is C22H26N4O2S. The number of piperidine rings is 1. The fourth-order valence-corrected chi connectivity index (χ4v) is 4.73. The molecule has 6 nitrogen and oxygen atoms in total. The van der Waals surface area contributed by atoms with Gasteiger partial charge in [-0.15, -0.1) is 0 Å². The highest BCUT2D eigenvalue weighted by atomic mass is 32.1. The van der Waals surface area contributed by atoms with Gasteiger partial charge in [-0.3, -0.25) is 9.59 Å². The fraction of sp³-hybridized carbons (Fsp3) is 0.364. The number of fused-ring (bicyclic) bond motifs is 1. The lowest BCUT2D eigenvalue weighted by molar-refractivity contribution is -0.124. The number of carbonyl (C=O) groups excluding carboxylic acids is 1. The van der Waals surface area contributed by atoms with Crippen LogP contribution in [0.5, 0.6) is 0 Å². The molecule has 29 heavy (non-hydrogen) atoms. The Morgan fingerprint density at radius 2 is 2.00 bits per heavy atom. The van der Waals surface area contributed by atoms with Crippen molar-refractivity contribution in [2.24, 2.45) is 12.8 Å². The normalized spacial score (nSPS) is 17.9. The van der Waals surface area contributed by atoms with E-state index in [1.165, 1.54) is 11.3 Å². The third-order valence-electron chi connectivity index (χ3n) is 5.49. The van der Waals surface area contributed by atoms with E-state index in [-0.39, 0.29) is 16.8 Å².